The van der Waals surface area contributed by atoms with Crippen LogP contribution in [0.15, 0.2) is 0 Å². The highest BCUT2D eigenvalue weighted by molar-refractivity contribution is 7.59. The van der Waals surface area contributed by atoms with Crippen molar-refractivity contribution in [1.29, 1.82) is 0 Å². The summed E-state index contributed by atoms with van der Waals surface area (Å²) in [6.07, 6.45) is 4.13. The zero-order valence-corrected chi connectivity index (χ0v) is 9.21. The maximum Gasteiger partial charge on any atom is 0.0636 e. The number of aliphatic hydroxyl groups is 2. The molecule has 0 aromatic carbocycles. The summed E-state index contributed by atoms with van der Waals surface area (Å²) < 4.78 is 0. The van der Waals surface area contributed by atoms with Gasteiger partial charge in [0.1, 0.15) is 0 Å². The summed E-state index contributed by atoms with van der Waals surface area (Å²) in [7, 11) is 0. The van der Waals surface area contributed by atoms with E-state index in [0.29, 0.717) is 6.54 Å². The van der Waals surface area contributed by atoms with Gasteiger partial charge in [0, 0.05) is 12.1 Å². The Bertz CT molecular complexity index is 136. The normalized spacial score (nSPS) is 22.4. The Morgan fingerprint density at radius 2 is 1.92 bits per heavy atom. The second kappa shape index (κ2) is 5.86. The van der Waals surface area contributed by atoms with Gasteiger partial charge < -0.3 is 15.5 Å². The molecule has 1 fully saturated rings. The Morgan fingerprint density at radius 1 is 1.38 bits per heavy atom. The molecule has 4 heteroatoms. The molecule has 80 valence electrons. The van der Waals surface area contributed by atoms with Crippen molar-refractivity contribution in [3.8, 4) is 0 Å². The van der Waals surface area contributed by atoms with Crippen LogP contribution >= 0.6 is 13.5 Å². The van der Waals surface area contributed by atoms with Crippen molar-refractivity contribution >= 4 is 13.5 Å². The molecule has 1 aliphatic rings. The van der Waals surface area contributed by atoms with Crippen molar-refractivity contribution in [2.24, 2.45) is 0 Å². The Morgan fingerprint density at radius 3 is 2.31 bits per heavy atom. The summed E-state index contributed by atoms with van der Waals surface area (Å²) >= 11 is 0. The minimum absolute atomic E-state index is 0. The molecule has 1 rings (SSSR count). The Balaban J connectivity index is 0.00000144. The summed E-state index contributed by atoms with van der Waals surface area (Å²) in [4.78, 5) is 0. The fraction of sp³-hybridized carbons (Fsp3) is 1.00. The van der Waals surface area contributed by atoms with Crippen molar-refractivity contribution in [2.45, 2.75) is 44.2 Å². The van der Waals surface area contributed by atoms with Crippen LogP contribution in [-0.2, 0) is 0 Å². The maximum atomic E-state index is 9.19. The summed E-state index contributed by atoms with van der Waals surface area (Å²) in [6, 6.07) is 0. The van der Waals surface area contributed by atoms with Crippen molar-refractivity contribution in [1.82, 2.24) is 5.32 Å². The molecule has 0 amide bonds. The van der Waals surface area contributed by atoms with Gasteiger partial charge in [0.25, 0.3) is 0 Å². The Kier molecular flexibility index (Phi) is 5.96. The monoisotopic (exact) mass is 207 g/mol. The number of rotatable bonds is 4. The molecule has 0 aromatic heterocycles. The van der Waals surface area contributed by atoms with Crippen LogP contribution in [-0.4, -0.2) is 35.0 Å². The average molecular weight is 207 g/mol. The molecule has 0 heterocycles. The van der Waals surface area contributed by atoms with E-state index >= 15 is 0 Å². The van der Waals surface area contributed by atoms with Gasteiger partial charge in [-0.25, -0.2) is 0 Å². The molecule has 0 aliphatic heterocycles. The zero-order valence-electron chi connectivity index (χ0n) is 8.21. The molecule has 13 heavy (non-hydrogen) atoms. The fourth-order valence-corrected chi connectivity index (χ4v) is 1.81. The zero-order chi connectivity index (χ0) is 9.03. The highest BCUT2D eigenvalue weighted by atomic mass is 32.1. The third-order valence-corrected chi connectivity index (χ3v) is 2.64. The first-order chi connectivity index (χ1) is 5.68. The van der Waals surface area contributed by atoms with Gasteiger partial charge in [0.2, 0.25) is 0 Å². The minimum Gasteiger partial charge on any atom is -0.394 e. The summed E-state index contributed by atoms with van der Waals surface area (Å²) in [6.45, 7) is 2.54. The molecule has 0 unspecified atom stereocenters. The predicted octanol–water partition coefficient (Wildman–Crippen LogP) is 0.375. The standard InChI is InChI=1S/C9H19NO2.H2S/c1-8(12)6-10-9(7-11)4-2-3-5-9;/h8,10-12H,2-7H2,1H3;1H2/t8-;/m0./s1. The third kappa shape index (κ3) is 3.85. The van der Waals surface area contributed by atoms with E-state index in [1.54, 1.807) is 6.92 Å². The predicted molar refractivity (Wildman–Crippen MR) is 58.3 cm³/mol. The molecular weight excluding hydrogens is 186 g/mol. The van der Waals surface area contributed by atoms with E-state index in [1.807, 2.05) is 0 Å². The number of nitrogens with one attached hydrogen (secondary N) is 1. The molecule has 0 aromatic rings. The largest absolute Gasteiger partial charge is 0.394 e. The van der Waals surface area contributed by atoms with Crippen LogP contribution in [0.4, 0.5) is 0 Å². The lowest BCUT2D eigenvalue weighted by Crippen LogP contribution is -2.48. The van der Waals surface area contributed by atoms with Crippen molar-refractivity contribution in [3.63, 3.8) is 0 Å². The van der Waals surface area contributed by atoms with Gasteiger partial charge in [0.15, 0.2) is 0 Å². The lowest BCUT2D eigenvalue weighted by atomic mass is 9.99. The second-order valence-corrected chi connectivity index (χ2v) is 3.88. The molecule has 0 spiro atoms. The first kappa shape index (κ1) is 13.2. The number of β-amino-alcohol motifs (C(OH)–C–C–N with tert-alkyl or cyclic N) is 1. The van der Waals surface area contributed by atoms with Crippen LogP contribution in [0.5, 0.6) is 0 Å². The topological polar surface area (TPSA) is 52.5 Å². The molecule has 0 radical (unpaired) electrons. The van der Waals surface area contributed by atoms with E-state index in [-0.39, 0.29) is 31.7 Å². The van der Waals surface area contributed by atoms with Gasteiger partial charge in [-0.05, 0) is 19.8 Å². The molecule has 0 bridgehead atoms. The smallest absolute Gasteiger partial charge is 0.0636 e. The molecule has 1 saturated carbocycles. The average Bonchev–Trinajstić information content (AvgIpc) is 2.50. The van der Waals surface area contributed by atoms with Crippen LogP contribution in [0, 0.1) is 0 Å². The molecule has 0 saturated heterocycles. The van der Waals surface area contributed by atoms with Crippen LogP contribution in [0.1, 0.15) is 32.6 Å². The van der Waals surface area contributed by atoms with Gasteiger partial charge in [-0.15, -0.1) is 0 Å². The van der Waals surface area contributed by atoms with E-state index in [9.17, 15) is 5.11 Å². The van der Waals surface area contributed by atoms with Gasteiger partial charge in [0.05, 0.1) is 12.7 Å². The first-order valence-corrected chi connectivity index (χ1v) is 4.72. The molecule has 3 nitrogen and oxygen atoms in total. The Hall–Kier alpha value is 0.230. The lowest BCUT2D eigenvalue weighted by molar-refractivity contribution is 0.130. The van der Waals surface area contributed by atoms with Crippen molar-refractivity contribution in [3.05, 3.63) is 0 Å². The number of aliphatic hydroxyl groups excluding tert-OH is 2. The van der Waals surface area contributed by atoms with Crippen LogP contribution in [0.3, 0.4) is 0 Å². The quantitative estimate of drug-likeness (QED) is 0.624. The van der Waals surface area contributed by atoms with Crippen LogP contribution in [0.2, 0.25) is 0 Å². The third-order valence-electron chi connectivity index (χ3n) is 2.64. The number of hydrogen-bond acceptors (Lipinski definition) is 3. The maximum absolute atomic E-state index is 9.19. The molecular formula is C9H21NO2S. The highest BCUT2D eigenvalue weighted by Gasteiger charge is 2.32. The molecule has 1 atom stereocenters. The SMILES string of the molecule is C[C@H](O)CNC1(CO)CCCC1.S. The van der Waals surface area contributed by atoms with Crippen molar-refractivity contribution < 1.29 is 10.2 Å². The summed E-state index contributed by atoms with van der Waals surface area (Å²) in [5.41, 5.74) is -0.0863. The summed E-state index contributed by atoms with van der Waals surface area (Å²) in [5.74, 6) is 0. The van der Waals surface area contributed by atoms with Gasteiger partial charge in [-0.3, -0.25) is 0 Å². The highest BCUT2D eigenvalue weighted by Crippen LogP contribution is 2.28. The Labute approximate surface area is 87.0 Å². The van der Waals surface area contributed by atoms with E-state index < -0.39 is 0 Å². The van der Waals surface area contributed by atoms with Gasteiger partial charge >= 0.3 is 0 Å². The van der Waals surface area contributed by atoms with E-state index in [4.69, 9.17) is 5.11 Å². The van der Waals surface area contributed by atoms with Gasteiger partial charge in [-0.1, -0.05) is 12.8 Å². The van der Waals surface area contributed by atoms with E-state index in [0.717, 1.165) is 12.8 Å². The fourth-order valence-electron chi connectivity index (χ4n) is 1.81. The van der Waals surface area contributed by atoms with Crippen LogP contribution < -0.4 is 5.32 Å². The van der Waals surface area contributed by atoms with Gasteiger partial charge in [-0.2, -0.15) is 13.5 Å². The second-order valence-electron chi connectivity index (χ2n) is 3.88. The summed E-state index contributed by atoms with van der Waals surface area (Å²) in [5, 5.41) is 21.5. The lowest BCUT2D eigenvalue weighted by Gasteiger charge is -2.28. The molecule has 3 N–H and O–H groups in total. The minimum atomic E-state index is -0.325. The first-order valence-electron chi connectivity index (χ1n) is 4.72. The van der Waals surface area contributed by atoms with Crippen LogP contribution in [0.25, 0.3) is 0 Å². The number of hydrogen-bond donors (Lipinski definition) is 3. The van der Waals surface area contributed by atoms with E-state index in [1.165, 1.54) is 12.8 Å². The van der Waals surface area contributed by atoms with Crippen molar-refractivity contribution in [2.75, 3.05) is 13.2 Å². The van der Waals surface area contributed by atoms with E-state index in [2.05, 4.69) is 5.32 Å². The molecule has 1 aliphatic carbocycles.